The highest BCUT2D eigenvalue weighted by molar-refractivity contribution is 5.78. The molecule has 0 spiro atoms. The van der Waals surface area contributed by atoms with Gasteiger partial charge in [0.05, 0.1) is 6.54 Å². The van der Waals surface area contributed by atoms with Crippen LogP contribution in [0.1, 0.15) is 25.3 Å². The summed E-state index contributed by atoms with van der Waals surface area (Å²) in [6, 6.07) is 4.21. The number of hydrogen-bond acceptors (Lipinski definition) is 4. The third-order valence-corrected chi connectivity index (χ3v) is 5.51. The number of likely N-dealkylation sites (N-methyl/N-ethyl adjacent to an activating group) is 1. The van der Waals surface area contributed by atoms with Crippen LogP contribution < -0.4 is 0 Å². The number of amides is 1. The van der Waals surface area contributed by atoms with Crippen molar-refractivity contribution in [2.75, 3.05) is 52.4 Å². The second kappa shape index (κ2) is 8.58. The van der Waals surface area contributed by atoms with E-state index in [1.54, 1.807) is 0 Å². The number of aromatic nitrogens is 1. The lowest BCUT2D eigenvalue weighted by molar-refractivity contribution is -0.134. The van der Waals surface area contributed by atoms with E-state index in [-0.39, 0.29) is 0 Å². The van der Waals surface area contributed by atoms with Gasteiger partial charge in [0.15, 0.2) is 0 Å². The smallest absolute Gasteiger partial charge is 0.236 e. The van der Waals surface area contributed by atoms with Crippen LogP contribution in [0.25, 0.3) is 0 Å². The predicted octanol–water partition coefficient (Wildman–Crippen LogP) is 1.50. The van der Waals surface area contributed by atoms with E-state index >= 15 is 0 Å². The van der Waals surface area contributed by atoms with E-state index in [9.17, 15) is 4.79 Å². The zero-order valence-electron chi connectivity index (χ0n) is 14.9. The molecule has 0 radical (unpaired) electrons. The summed E-state index contributed by atoms with van der Waals surface area (Å²) in [4.78, 5) is 23.5. The van der Waals surface area contributed by atoms with Gasteiger partial charge in [-0.15, -0.1) is 0 Å². The van der Waals surface area contributed by atoms with Crippen molar-refractivity contribution in [2.24, 2.45) is 5.92 Å². The summed E-state index contributed by atoms with van der Waals surface area (Å²) in [7, 11) is 0. The van der Waals surface area contributed by atoms with Crippen LogP contribution in [-0.4, -0.2) is 77.9 Å². The second-order valence-corrected chi connectivity index (χ2v) is 7.09. The van der Waals surface area contributed by atoms with Crippen LogP contribution in [0.3, 0.4) is 0 Å². The largest absolute Gasteiger partial charge is 0.342 e. The van der Waals surface area contributed by atoms with Crippen molar-refractivity contribution in [3.63, 3.8) is 0 Å². The van der Waals surface area contributed by atoms with E-state index in [0.717, 1.165) is 65.1 Å². The van der Waals surface area contributed by atoms with Gasteiger partial charge < -0.3 is 9.80 Å². The van der Waals surface area contributed by atoms with E-state index in [1.807, 2.05) is 12.4 Å². The van der Waals surface area contributed by atoms with Crippen molar-refractivity contribution < 1.29 is 4.79 Å². The third kappa shape index (κ3) is 4.77. The van der Waals surface area contributed by atoms with Gasteiger partial charge in [0.25, 0.3) is 0 Å². The van der Waals surface area contributed by atoms with Crippen molar-refractivity contribution in [1.29, 1.82) is 0 Å². The lowest BCUT2D eigenvalue weighted by Crippen LogP contribution is -2.50. The number of hydrogen-bond donors (Lipinski definition) is 0. The molecule has 0 atom stereocenters. The van der Waals surface area contributed by atoms with E-state index in [4.69, 9.17) is 0 Å². The Morgan fingerprint density at radius 1 is 1.04 bits per heavy atom. The first-order valence-electron chi connectivity index (χ1n) is 9.36. The van der Waals surface area contributed by atoms with Crippen LogP contribution >= 0.6 is 0 Å². The van der Waals surface area contributed by atoms with Gasteiger partial charge in [0.1, 0.15) is 0 Å². The molecule has 3 heterocycles. The van der Waals surface area contributed by atoms with Crippen LogP contribution in [-0.2, 0) is 11.2 Å². The van der Waals surface area contributed by atoms with Crippen molar-refractivity contribution in [3.8, 4) is 0 Å². The number of pyridine rings is 1. The fraction of sp³-hybridized carbons (Fsp3) is 0.684. The molecule has 0 aliphatic carbocycles. The number of carbonyl (C=O) groups is 1. The maximum Gasteiger partial charge on any atom is 0.236 e. The van der Waals surface area contributed by atoms with Crippen LogP contribution in [0.2, 0.25) is 0 Å². The molecule has 0 saturated carbocycles. The fourth-order valence-electron chi connectivity index (χ4n) is 3.79. The lowest BCUT2D eigenvalue weighted by Gasteiger charge is -2.36. The maximum atomic E-state index is 12.5. The first-order valence-corrected chi connectivity index (χ1v) is 9.36. The summed E-state index contributed by atoms with van der Waals surface area (Å²) in [6.07, 6.45) is 7.09. The summed E-state index contributed by atoms with van der Waals surface area (Å²) in [5.74, 6) is 1.02. The van der Waals surface area contributed by atoms with Crippen LogP contribution in [0.4, 0.5) is 0 Å². The minimum absolute atomic E-state index is 0.322. The molecule has 3 rings (SSSR count). The topological polar surface area (TPSA) is 39.7 Å². The third-order valence-electron chi connectivity index (χ3n) is 5.51. The minimum atomic E-state index is 0.322. The number of likely N-dealkylation sites (tertiary alicyclic amines) is 1. The van der Waals surface area contributed by atoms with Crippen molar-refractivity contribution in [3.05, 3.63) is 30.1 Å². The molecule has 1 aromatic heterocycles. The standard InChI is InChI=1S/C19H30N4O/c1-2-21-11-13-22(14-12-21)16-19(24)23-9-5-18(6-10-23)15-17-3-7-20-8-4-17/h3-4,7-8,18H,2,5-6,9-16H2,1H3. The first-order chi connectivity index (χ1) is 11.7. The molecule has 0 unspecified atom stereocenters. The Morgan fingerprint density at radius 2 is 1.67 bits per heavy atom. The Balaban J connectivity index is 1.39. The van der Waals surface area contributed by atoms with Crippen molar-refractivity contribution in [1.82, 2.24) is 19.7 Å². The number of piperazine rings is 1. The molecule has 1 aromatic rings. The SMILES string of the molecule is CCN1CCN(CC(=O)N2CCC(Cc3ccncc3)CC2)CC1. The average Bonchev–Trinajstić information content (AvgIpc) is 2.64. The average molecular weight is 330 g/mol. The zero-order valence-corrected chi connectivity index (χ0v) is 14.9. The van der Waals surface area contributed by atoms with Crippen LogP contribution in [0.15, 0.2) is 24.5 Å². The fourth-order valence-corrected chi connectivity index (χ4v) is 3.79. The maximum absolute atomic E-state index is 12.5. The summed E-state index contributed by atoms with van der Waals surface area (Å²) in [5, 5.41) is 0. The molecule has 2 fully saturated rings. The number of carbonyl (C=O) groups excluding carboxylic acids is 1. The second-order valence-electron chi connectivity index (χ2n) is 7.09. The molecule has 5 nitrogen and oxygen atoms in total. The van der Waals surface area contributed by atoms with Crippen LogP contribution in [0.5, 0.6) is 0 Å². The Hall–Kier alpha value is -1.46. The van der Waals surface area contributed by atoms with Crippen molar-refractivity contribution in [2.45, 2.75) is 26.2 Å². The quantitative estimate of drug-likeness (QED) is 0.820. The van der Waals surface area contributed by atoms with E-state index in [2.05, 4.69) is 38.7 Å². The van der Waals surface area contributed by atoms with E-state index in [1.165, 1.54) is 5.56 Å². The van der Waals surface area contributed by atoms with Gasteiger partial charge in [0.2, 0.25) is 5.91 Å². The molecule has 132 valence electrons. The number of rotatable bonds is 5. The summed E-state index contributed by atoms with van der Waals surface area (Å²) in [5.41, 5.74) is 1.36. The van der Waals surface area contributed by atoms with Gasteiger partial charge in [0, 0.05) is 51.7 Å². The summed E-state index contributed by atoms with van der Waals surface area (Å²) < 4.78 is 0. The molecule has 0 bridgehead atoms. The molecule has 2 saturated heterocycles. The Kier molecular flexibility index (Phi) is 6.21. The van der Waals surface area contributed by atoms with Crippen LogP contribution in [0, 0.1) is 5.92 Å². The van der Waals surface area contributed by atoms with E-state index < -0.39 is 0 Å². The molecule has 0 aromatic carbocycles. The Labute approximate surface area is 145 Å². The van der Waals surface area contributed by atoms with Gasteiger partial charge in [-0.2, -0.15) is 0 Å². The van der Waals surface area contributed by atoms with Gasteiger partial charge in [-0.3, -0.25) is 14.7 Å². The van der Waals surface area contributed by atoms with Gasteiger partial charge in [-0.05, 0) is 49.4 Å². The summed E-state index contributed by atoms with van der Waals surface area (Å²) >= 11 is 0. The Morgan fingerprint density at radius 3 is 2.29 bits per heavy atom. The molecule has 2 aliphatic heterocycles. The predicted molar refractivity (Wildman–Crippen MR) is 95.8 cm³/mol. The molecular formula is C19H30N4O. The lowest BCUT2D eigenvalue weighted by atomic mass is 9.90. The molecule has 5 heteroatoms. The first kappa shape index (κ1) is 17.4. The molecular weight excluding hydrogens is 300 g/mol. The van der Waals surface area contributed by atoms with E-state index in [0.29, 0.717) is 18.4 Å². The van der Waals surface area contributed by atoms with Gasteiger partial charge in [-0.1, -0.05) is 6.92 Å². The zero-order chi connectivity index (χ0) is 16.8. The summed E-state index contributed by atoms with van der Waals surface area (Å²) in [6.45, 7) is 10.0. The van der Waals surface area contributed by atoms with Gasteiger partial charge in [-0.25, -0.2) is 0 Å². The molecule has 0 N–H and O–H groups in total. The minimum Gasteiger partial charge on any atom is -0.342 e. The molecule has 24 heavy (non-hydrogen) atoms. The monoisotopic (exact) mass is 330 g/mol. The highest BCUT2D eigenvalue weighted by atomic mass is 16.2. The highest BCUT2D eigenvalue weighted by Crippen LogP contribution is 2.21. The molecule has 2 aliphatic rings. The normalized spacial score (nSPS) is 21.1. The number of nitrogens with zero attached hydrogens (tertiary/aromatic N) is 4. The van der Waals surface area contributed by atoms with Gasteiger partial charge >= 0.3 is 0 Å². The van der Waals surface area contributed by atoms with Crippen molar-refractivity contribution >= 4 is 5.91 Å². The highest BCUT2D eigenvalue weighted by Gasteiger charge is 2.25. The Bertz CT molecular complexity index is 505. The number of piperidine rings is 1. The molecule has 1 amide bonds.